The molecule has 1 atom stereocenters. The van der Waals surface area contributed by atoms with E-state index in [1.165, 1.54) is 11.6 Å². The number of hydrogen-bond donors (Lipinski definition) is 1. The second kappa shape index (κ2) is 5.89. The zero-order valence-corrected chi connectivity index (χ0v) is 12.9. The van der Waals surface area contributed by atoms with Crippen molar-refractivity contribution >= 4 is 11.4 Å². The quantitative estimate of drug-likeness (QED) is 0.926. The summed E-state index contributed by atoms with van der Waals surface area (Å²) in [6, 6.07) is 13.0. The molecule has 0 spiro atoms. The van der Waals surface area contributed by atoms with Crippen LogP contribution in [-0.4, -0.2) is 25.5 Å². The first kappa shape index (κ1) is 14.7. The van der Waals surface area contributed by atoms with Crippen molar-refractivity contribution in [3.8, 4) is 0 Å². The highest BCUT2D eigenvalue weighted by atomic mass is 19.1. The van der Waals surface area contributed by atoms with Crippen molar-refractivity contribution in [3.63, 3.8) is 0 Å². The van der Waals surface area contributed by atoms with Crippen LogP contribution in [0.3, 0.4) is 0 Å². The molecule has 0 saturated heterocycles. The van der Waals surface area contributed by atoms with Crippen LogP contribution >= 0.6 is 0 Å². The molecule has 0 aromatic heterocycles. The van der Waals surface area contributed by atoms with Gasteiger partial charge in [0.15, 0.2) is 0 Å². The second-order valence-electron chi connectivity index (χ2n) is 5.55. The summed E-state index contributed by atoms with van der Waals surface area (Å²) in [5.74, 6) is -0.257. The summed E-state index contributed by atoms with van der Waals surface area (Å²) < 4.78 is 14.3. The van der Waals surface area contributed by atoms with Gasteiger partial charge in [-0.3, -0.25) is 4.99 Å². The smallest absolute Gasteiger partial charge is 0.132 e. The van der Waals surface area contributed by atoms with E-state index in [2.05, 4.69) is 30.1 Å². The van der Waals surface area contributed by atoms with Crippen molar-refractivity contribution in [2.45, 2.75) is 19.5 Å². The third-order valence-electron chi connectivity index (χ3n) is 4.17. The highest BCUT2D eigenvalue weighted by molar-refractivity contribution is 6.16. The maximum Gasteiger partial charge on any atom is 0.132 e. The highest BCUT2D eigenvalue weighted by Gasteiger charge is 2.23. The van der Waals surface area contributed by atoms with Crippen LogP contribution in [0.2, 0.25) is 0 Å². The number of fused-ring (bicyclic) bond motifs is 1. The fourth-order valence-corrected chi connectivity index (χ4v) is 2.75. The molecular weight excluding hydrogens is 277 g/mol. The van der Waals surface area contributed by atoms with E-state index in [1.54, 1.807) is 12.1 Å². The first-order chi connectivity index (χ1) is 10.6. The number of aliphatic imine (C=N–C) groups is 1. The number of aryl methyl sites for hydroxylation is 1. The molecule has 3 nitrogen and oxygen atoms in total. The molecule has 114 valence electrons. The van der Waals surface area contributed by atoms with Crippen molar-refractivity contribution in [3.05, 3.63) is 65.0 Å². The van der Waals surface area contributed by atoms with Crippen LogP contribution in [0, 0.1) is 5.82 Å². The van der Waals surface area contributed by atoms with Gasteiger partial charge in [-0.25, -0.2) is 4.39 Å². The molecular formula is C18H20FN3. The summed E-state index contributed by atoms with van der Waals surface area (Å²) in [5.41, 5.74) is 10.5. The van der Waals surface area contributed by atoms with Gasteiger partial charge in [0.05, 0.1) is 18.4 Å². The third kappa shape index (κ3) is 2.50. The molecule has 0 aliphatic carbocycles. The number of nitrogens with two attached hydrogens (primary N) is 1. The van der Waals surface area contributed by atoms with Gasteiger partial charge in [-0.15, -0.1) is 0 Å². The van der Waals surface area contributed by atoms with Gasteiger partial charge < -0.3 is 10.6 Å². The van der Waals surface area contributed by atoms with Gasteiger partial charge >= 0.3 is 0 Å². The Balaban J connectivity index is 2.23. The number of likely N-dealkylation sites (N-methyl/N-ethyl adjacent to an activating group) is 1. The molecule has 0 fully saturated rings. The lowest BCUT2D eigenvalue weighted by Gasteiger charge is -2.25. The Labute approximate surface area is 130 Å². The van der Waals surface area contributed by atoms with Gasteiger partial charge in [0.25, 0.3) is 0 Å². The zero-order valence-electron chi connectivity index (χ0n) is 12.9. The van der Waals surface area contributed by atoms with Crippen molar-refractivity contribution in [2.24, 2.45) is 10.7 Å². The number of anilines is 1. The molecule has 1 aliphatic rings. The molecule has 1 unspecified atom stereocenters. The van der Waals surface area contributed by atoms with Gasteiger partial charge in [0.1, 0.15) is 5.82 Å². The standard InChI is InChI=1S/C18H20FN3/c1-3-12-8-9-16-14(10-12)18(21-11-17(20)22(16)2)13-6-4-5-7-15(13)19/h4-10,17H,3,11,20H2,1-2H3. The monoisotopic (exact) mass is 297 g/mol. The lowest BCUT2D eigenvalue weighted by molar-refractivity contribution is 0.625. The first-order valence-electron chi connectivity index (χ1n) is 7.53. The zero-order chi connectivity index (χ0) is 15.7. The fraction of sp³-hybridized carbons (Fsp3) is 0.278. The Morgan fingerprint density at radius 3 is 2.73 bits per heavy atom. The topological polar surface area (TPSA) is 41.6 Å². The second-order valence-corrected chi connectivity index (χ2v) is 5.55. The SMILES string of the molecule is CCc1ccc2c(c1)C(c1ccccc1F)=NCC(N)N2C. The number of nitrogens with zero attached hydrogens (tertiary/aromatic N) is 2. The van der Waals surface area contributed by atoms with Gasteiger partial charge in [-0.05, 0) is 36.2 Å². The molecule has 22 heavy (non-hydrogen) atoms. The molecule has 3 rings (SSSR count). The van der Waals surface area contributed by atoms with Crippen LogP contribution in [-0.2, 0) is 6.42 Å². The minimum atomic E-state index is -0.257. The van der Waals surface area contributed by atoms with Crippen LogP contribution in [0.15, 0.2) is 47.5 Å². The third-order valence-corrected chi connectivity index (χ3v) is 4.17. The van der Waals surface area contributed by atoms with Crippen LogP contribution in [0.1, 0.15) is 23.6 Å². The summed E-state index contributed by atoms with van der Waals surface area (Å²) in [4.78, 5) is 6.62. The molecule has 0 bridgehead atoms. The van der Waals surface area contributed by atoms with E-state index >= 15 is 0 Å². The molecule has 0 radical (unpaired) electrons. The number of benzodiazepines with no additional fused rings is 1. The van der Waals surface area contributed by atoms with E-state index in [0.29, 0.717) is 17.8 Å². The van der Waals surface area contributed by atoms with Crippen molar-refractivity contribution in [1.82, 2.24) is 0 Å². The van der Waals surface area contributed by atoms with Crippen LogP contribution in [0.25, 0.3) is 0 Å². The van der Waals surface area contributed by atoms with Gasteiger partial charge in [-0.2, -0.15) is 0 Å². The van der Waals surface area contributed by atoms with Gasteiger partial charge in [-0.1, -0.05) is 25.1 Å². The van der Waals surface area contributed by atoms with E-state index in [9.17, 15) is 4.39 Å². The minimum Gasteiger partial charge on any atom is -0.357 e. The number of hydrogen-bond acceptors (Lipinski definition) is 3. The molecule has 2 aromatic carbocycles. The van der Waals surface area contributed by atoms with E-state index in [4.69, 9.17) is 5.73 Å². The average Bonchev–Trinajstić information content (AvgIpc) is 2.66. The predicted molar refractivity (Wildman–Crippen MR) is 89.1 cm³/mol. The van der Waals surface area contributed by atoms with Gasteiger partial charge in [0, 0.05) is 23.9 Å². The first-order valence-corrected chi connectivity index (χ1v) is 7.53. The highest BCUT2D eigenvalue weighted by Crippen LogP contribution is 2.28. The number of rotatable bonds is 2. The Hall–Kier alpha value is -2.20. The van der Waals surface area contributed by atoms with E-state index < -0.39 is 0 Å². The Bertz CT molecular complexity index is 724. The number of benzene rings is 2. The van der Waals surface area contributed by atoms with E-state index in [1.807, 2.05) is 18.0 Å². The van der Waals surface area contributed by atoms with E-state index in [0.717, 1.165) is 17.7 Å². The number of halogens is 1. The summed E-state index contributed by atoms with van der Waals surface area (Å²) in [6.45, 7) is 2.55. The summed E-state index contributed by atoms with van der Waals surface area (Å²) in [7, 11) is 1.95. The average molecular weight is 297 g/mol. The predicted octanol–water partition coefficient (Wildman–Crippen LogP) is 2.96. The van der Waals surface area contributed by atoms with Crippen molar-refractivity contribution < 1.29 is 4.39 Å². The lowest BCUT2D eigenvalue weighted by atomic mass is 9.97. The molecule has 0 amide bonds. The van der Waals surface area contributed by atoms with Crippen LogP contribution < -0.4 is 10.6 Å². The molecule has 2 N–H and O–H groups in total. The maximum absolute atomic E-state index is 14.3. The summed E-state index contributed by atoms with van der Waals surface area (Å²) >= 11 is 0. The Kier molecular flexibility index (Phi) is 3.94. The Morgan fingerprint density at radius 2 is 2.00 bits per heavy atom. The Morgan fingerprint density at radius 1 is 1.23 bits per heavy atom. The minimum absolute atomic E-state index is 0.213. The van der Waals surface area contributed by atoms with Crippen molar-refractivity contribution in [2.75, 3.05) is 18.5 Å². The van der Waals surface area contributed by atoms with Crippen molar-refractivity contribution in [1.29, 1.82) is 0 Å². The molecule has 2 aromatic rings. The van der Waals surface area contributed by atoms with Crippen LogP contribution in [0.5, 0.6) is 0 Å². The van der Waals surface area contributed by atoms with Gasteiger partial charge in [0.2, 0.25) is 0 Å². The largest absolute Gasteiger partial charge is 0.357 e. The maximum atomic E-state index is 14.3. The molecule has 4 heteroatoms. The molecule has 1 heterocycles. The lowest BCUT2D eigenvalue weighted by Crippen LogP contribution is -2.41. The normalized spacial score (nSPS) is 17.7. The molecule has 1 aliphatic heterocycles. The van der Waals surface area contributed by atoms with Crippen LogP contribution in [0.4, 0.5) is 10.1 Å². The fourth-order valence-electron chi connectivity index (χ4n) is 2.75. The molecule has 0 saturated carbocycles. The summed E-state index contributed by atoms with van der Waals surface area (Å²) in [5, 5.41) is 0. The van der Waals surface area contributed by atoms with E-state index in [-0.39, 0.29) is 12.0 Å². The summed E-state index contributed by atoms with van der Waals surface area (Å²) in [6.07, 6.45) is 0.712.